The summed E-state index contributed by atoms with van der Waals surface area (Å²) >= 11 is 11.7. The monoisotopic (exact) mass is 413 g/mol. The molecule has 0 fully saturated rings. The van der Waals surface area contributed by atoms with E-state index in [0.29, 0.717) is 22.2 Å². The van der Waals surface area contributed by atoms with E-state index in [1.807, 2.05) is 0 Å². The predicted octanol–water partition coefficient (Wildman–Crippen LogP) is 4.01. The third kappa shape index (κ3) is 5.80. The van der Waals surface area contributed by atoms with Crippen LogP contribution in [0.1, 0.15) is 16.8 Å². The molecule has 9 nitrogen and oxygen atoms in total. The summed E-state index contributed by atoms with van der Waals surface area (Å²) in [5.74, 6) is -0.215. The first kappa shape index (κ1) is 20.4. The highest BCUT2D eigenvalue weighted by molar-refractivity contribution is 6.35. The number of hydrogen-bond donors (Lipinski definition) is 1. The average molecular weight is 414 g/mol. The van der Waals surface area contributed by atoms with Crippen LogP contribution in [0.15, 0.2) is 36.4 Å². The highest BCUT2D eigenvalue weighted by Gasteiger charge is 2.19. The number of hydrogen-bond acceptors (Lipinski definition) is 6. The molecule has 0 radical (unpaired) electrons. The number of amides is 1. The number of nitrogens with one attached hydrogen (secondary N) is 1. The van der Waals surface area contributed by atoms with Gasteiger partial charge in [0.25, 0.3) is 17.3 Å². The molecular weight excluding hydrogens is 401 g/mol. The van der Waals surface area contributed by atoms with Gasteiger partial charge >= 0.3 is 0 Å². The van der Waals surface area contributed by atoms with Gasteiger partial charge in [0, 0.05) is 23.7 Å². The standard InChI is InChI=1S/C16H13Cl2N3O6/c17-11-2-3-15(14(18)8-11)27-5-1-4-19-16(22)10-6-12(20(23)24)9-13(7-10)21(25)26/h2-3,6-9H,1,4-5H2,(H,19,22). The summed E-state index contributed by atoms with van der Waals surface area (Å²) < 4.78 is 5.46. The Morgan fingerprint density at radius 1 is 1.04 bits per heavy atom. The largest absolute Gasteiger partial charge is 0.492 e. The SMILES string of the molecule is O=C(NCCCOc1ccc(Cl)cc1Cl)c1cc([N+](=O)[O-])cc([N+](=O)[O-])c1. The quantitative estimate of drug-likeness (QED) is 0.395. The molecule has 0 bridgehead atoms. The summed E-state index contributed by atoms with van der Waals surface area (Å²) in [5, 5.41) is 25.1. The molecule has 11 heteroatoms. The zero-order valence-corrected chi connectivity index (χ0v) is 15.2. The second-order valence-electron chi connectivity index (χ2n) is 5.28. The van der Waals surface area contributed by atoms with Gasteiger partial charge in [-0.05, 0) is 24.6 Å². The van der Waals surface area contributed by atoms with E-state index in [1.165, 1.54) is 6.07 Å². The van der Waals surface area contributed by atoms with Crippen molar-refractivity contribution in [3.8, 4) is 5.75 Å². The summed E-state index contributed by atoms with van der Waals surface area (Å²) in [6.45, 7) is 0.442. The maximum Gasteiger partial charge on any atom is 0.277 e. The Hall–Kier alpha value is -2.91. The lowest BCUT2D eigenvalue weighted by atomic mass is 10.1. The molecule has 0 heterocycles. The Balaban J connectivity index is 1.90. The van der Waals surface area contributed by atoms with Crippen LogP contribution in [0.4, 0.5) is 11.4 Å². The van der Waals surface area contributed by atoms with Crippen molar-refractivity contribution in [2.24, 2.45) is 0 Å². The molecule has 0 unspecified atom stereocenters. The van der Waals surface area contributed by atoms with Crippen LogP contribution in [0.2, 0.25) is 10.0 Å². The number of carbonyl (C=O) groups excluding carboxylic acids is 1. The van der Waals surface area contributed by atoms with Gasteiger partial charge in [0.15, 0.2) is 0 Å². The van der Waals surface area contributed by atoms with Gasteiger partial charge < -0.3 is 10.1 Å². The molecule has 2 rings (SSSR count). The van der Waals surface area contributed by atoms with Gasteiger partial charge in [0.1, 0.15) is 5.75 Å². The Morgan fingerprint density at radius 3 is 2.22 bits per heavy atom. The minimum atomic E-state index is -0.798. The molecule has 0 aromatic heterocycles. The summed E-state index contributed by atoms with van der Waals surface area (Å²) in [5.41, 5.74) is -1.23. The molecule has 0 aliphatic rings. The van der Waals surface area contributed by atoms with Crippen molar-refractivity contribution >= 4 is 40.5 Å². The normalized spacial score (nSPS) is 10.3. The minimum Gasteiger partial charge on any atom is -0.492 e. The fraction of sp³-hybridized carbons (Fsp3) is 0.188. The van der Waals surface area contributed by atoms with Crippen LogP contribution in [0, 0.1) is 20.2 Å². The molecule has 2 aromatic carbocycles. The van der Waals surface area contributed by atoms with E-state index in [0.717, 1.165) is 18.2 Å². The number of non-ortho nitro benzene ring substituents is 2. The summed E-state index contributed by atoms with van der Waals surface area (Å²) in [7, 11) is 0. The van der Waals surface area contributed by atoms with Gasteiger partial charge in [0.2, 0.25) is 0 Å². The minimum absolute atomic E-state index is 0.169. The van der Waals surface area contributed by atoms with E-state index in [2.05, 4.69) is 5.32 Å². The first-order valence-corrected chi connectivity index (χ1v) is 8.33. The van der Waals surface area contributed by atoms with Crippen LogP contribution < -0.4 is 10.1 Å². The lowest BCUT2D eigenvalue weighted by Crippen LogP contribution is -2.25. The summed E-state index contributed by atoms with van der Waals surface area (Å²) in [6, 6.07) is 7.53. The van der Waals surface area contributed by atoms with E-state index < -0.39 is 27.1 Å². The average Bonchev–Trinajstić information content (AvgIpc) is 2.62. The van der Waals surface area contributed by atoms with Crippen molar-refractivity contribution in [1.29, 1.82) is 0 Å². The number of nitro groups is 2. The van der Waals surface area contributed by atoms with E-state index in [4.69, 9.17) is 27.9 Å². The number of nitro benzene ring substituents is 2. The summed E-state index contributed by atoms with van der Waals surface area (Å²) in [4.78, 5) is 32.2. The number of benzene rings is 2. The first-order chi connectivity index (χ1) is 12.8. The topological polar surface area (TPSA) is 125 Å². The van der Waals surface area contributed by atoms with Crippen LogP contribution in [0.5, 0.6) is 5.75 Å². The smallest absolute Gasteiger partial charge is 0.277 e. The Bertz CT molecular complexity index is 858. The maximum atomic E-state index is 12.1. The van der Waals surface area contributed by atoms with Gasteiger partial charge in [-0.15, -0.1) is 0 Å². The third-order valence-electron chi connectivity index (χ3n) is 3.34. The zero-order chi connectivity index (χ0) is 20.0. The van der Waals surface area contributed by atoms with Crippen LogP contribution in [-0.4, -0.2) is 28.9 Å². The molecule has 1 N–H and O–H groups in total. The van der Waals surface area contributed by atoms with Crippen LogP contribution in [-0.2, 0) is 0 Å². The predicted molar refractivity (Wildman–Crippen MR) is 98.7 cm³/mol. The molecule has 0 saturated heterocycles. The van der Waals surface area contributed by atoms with Crippen molar-refractivity contribution < 1.29 is 19.4 Å². The first-order valence-electron chi connectivity index (χ1n) is 7.58. The van der Waals surface area contributed by atoms with E-state index in [9.17, 15) is 25.0 Å². The van der Waals surface area contributed by atoms with E-state index >= 15 is 0 Å². The Kier molecular flexibility index (Phi) is 6.91. The van der Waals surface area contributed by atoms with Crippen molar-refractivity contribution in [2.45, 2.75) is 6.42 Å². The number of carbonyl (C=O) groups is 1. The Labute approximate surface area is 163 Å². The van der Waals surface area contributed by atoms with Gasteiger partial charge in [-0.25, -0.2) is 0 Å². The number of nitrogens with zero attached hydrogens (tertiary/aromatic N) is 2. The molecule has 27 heavy (non-hydrogen) atoms. The second kappa shape index (κ2) is 9.15. The molecule has 0 spiro atoms. The Morgan fingerprint density at radius 2 is 1.67 bits per heavy atom. The van der Waals surface area contributed by atoms with Crippen molar-refractivity contribution in [1.82, 2.24) is 5.32 Å². The third-order valence-corrected chi connectivity index (χ3v) is 3.87. The van der Waals surface area contributed by atoms with Crippen molar-refractivity contribution in [3.05, 3.63) is 72.2 Å². The van der Waals surface area contributed by atoms with Crippen molar-refractivity contribution in [3.63, 3.8) is 0 Å². The number of ether oxygens (including phenoxy) is 1. The molecule has 0 aliphatic carbocycles. The van der Waals surface area contributed by atoms with Crippen LogP contribution in [0.3, 0.4) is 0 Å². The van der Waals surface area contributed by atoms with E-state index in [1.54, 1.807) is 12.1 Å². The maximum absolute atomic E-state index is 12.1. The van der Waals surface area contributed by atoms with Crippen molar-refractivity contribution in [2.75, 3.05) is 13.2 Å². The van der Waals surface area contributed by atoms with E-state index in [-0.39, 0.29) is 18.7 Å². The molecule has 1 amide bonds. The van der Waals surface area contributed by atoms with Gasteiger partial charge in [-0.1, -0.05) is 23.2 Å². The highest BCUT2D eigenvalue weighted by Crippen LogP contribution is 2.27. The highest BCUT2D eigenvalue weighted by atomic mass is 35.5. The van der Waals surface area contributed by atoms with Gasteiger partial charge in [-0.3, -0.25) is 25.0 Å². The zero-order valence-electron chi connectivity index (χ0n) is 13.7. The molecule has 0 saturated carbocycles. The molecule has 142 valence electrons. The fourth-order valence-electron chi connectivity index (χ4n) is 2.09. The number of rotatable bonds is 8. The lowest BCUT2D eigenvalue weighted by Gasteiger charge is -2.09. The molecule has 2 aromatic rings. The second-order valence-corrected chi connectivity index (χ2v) is 6.13. The lowest BCUT2D eigenvalue weighted by molar-refractivity contribution is -0.394. The molecule has 0 aliphatic heterocycles. The van der Waals surface area contributed by atoms with Crippen LogP contribution >= 0.6 is 23.2 Å². The van der Waals surface area contributed by atoms with Gasteiger partial charge in [0.05, 0.1) is 33.1 Å². The molecule has 0 atom stereocenters. The van der Waals surface area contributed by atoms with Crippen LogP contribution in [0.25, 0.3) is 0 Å². The fourth-order valence-corrected chi connectivity index (χ4v) is 2.55. The van der Waals surface area contributed by atoms with Gasteiger partial charge in [-0.2, -0.15) is 0 Å². The number of halogens is 2. The summed E-state index contributed by atoms with van der Waals surface area (Å²) in [6.07, 6.45) is 0.418. The molecular formula is C16H13Cl2N3O6.